The molecule has 2 aromatic rings. The molecule has 1 amide bonds. The average Bonchev–Trinajstić information content (AvgIpc) is 2.63. The zero-order chi connectivity index (χ0) is 18.0. The standard InChI is InChI=1S/C19H18Cl2N2O2.ClH/c1-12-11-23(9-8-22-12)19(25)15-5-3-2-4-14(15)18(24)13-6-7-16(20)17(21)10-13;/h2-7,10,12,22H,8-9,11H2,1H3;1H. The van der Waals surface area contributed by atoms with Crippen LogP contribution in [0.4, 0.5) is 0 Å². The van der Waals surface area contributed by atoms with E-state index in [4.69, 9.17) is 23.2 Å². The second-order valence-electron chi connectivity index (χ2n) is 6.11. The van der Waals surface area contributed by atoms with Crippen LogP contribution in [-0.4, -0.2) is 42.3 Å². The number of amides is 1. The van der Waals surface area contributed by atoms with Crippen LogP contribution in [0.2, 0.25) is 10.0 Å². The first kappa shape index (κ1) is 20.7. The largest absolute Gasteiger partial charge is 0.336 e. The number of rotatable bonds is 3. The number of piperazine rings is 1. The van der Waals surface area contributed by atoms with E-state index in [0.29, 0.717) is 39.8 Å². The normalized spacial score (nSPS) is 16.7. The molecule has 1 atom stereocenters. The minimum atomic E-state index is -0.245. The molecule has 0 aliphatic carbocycles. The first-order valence-corrected chi connectivity index (χ1v) is 8.84. The fourth-order valence-electron chi connectivity index (χ4n) is 2.95. The molecule has 1 saturated heterocycles. The van der Waals surface area contributed by atoms with Crippen molar-refractivity contribution in [2.24, 2.45) is 0 Å². The van der Waals surface area contributed by atoms with Gasteiger partial charge < -0.3 is 10.2 Å². The number of halogens is 3. The van der Waals surface area contributed by atoms with Gasteiger partial charge in [0, 0.05) is 36.8 Å². The Bertz CT molecular complexity index is 826. The van der Waals surface area contributed by atoms with E-state index >= 15 is 0 Å². The Labute approximate surface area is 168 Å². The van der Waals surface area contributed by atoms with Crippen molar-refractivity contribution in [3.8, 4) is 0 Å². The summed E-state index contributed by atoms with van der Waals surface area (Å²) in [6.45, 7) is 4.02. The summed E-state index contributed by atoms with van der Waals surface area (Å²) in [5.41, 5.74) is 1.19. The van der Waals surface area contributed by atoms with Gasteiger partial charge in [-0.3, -0.25) is 9.59 Å². The molecule has 0 radical (unpaired) electrons. The fourth-order valence-corrected chi connectivity index (χ4v) is 3.25. The van der Waals surface area contributed by atoms with Gasteiger partial charge in [0.15, 0.2) is 5.78 Å². The number of nitrogens with zero attached hydrogens (tertiary/aromatic N) is 1. The Morgan fingerprint density at radius 3 is 2.42 bits per heavy atom. The lowest BCUT2D eigenvalue weighted by Gasteiger charge is -2.32. The number of benzene rings is 2. The molecule has 2 aromatic carbocycles. The van der Waals surface area contributed by atoms with Crippen molar-refractivity contribution < 1.29 is 9.59 Å². The summed E-state index contributed by atoms with van der Waals surface area (Å²) in [5.74, 6) is -0.372. The maximum absolute atomic E-state index is 12.9. The third-order valence-corrected chi connectivity index (χ3v) is 4.98. The van der Waals surface area contributed by atoms with Gasteiger partial charge in [-0.15, -0.1) is 12.4 Å². The monoisotopic (exact) mass is 412 g/mol. The highest BCUT2D eigenvalue weighted by Gasteiger charge is 2.25. The first-order valence-electron chi connectivity index (χ1n) is 8.09. The number of hydrogen-bond acceptors (Lipinski definition) is 3. The van der Waals surface area contributed by atoms with Crippen molar-refractivity contribution in [3.63, 3.8) is 0 Å². The molecule has 0 aromatic heterocycles. The Morgan fingerprint density at radius 1 is 1.08 bits per heavy atom. The molecule has 26 heavy (non-hydrogen) atoms. The van der Waals surface area contributed by atoms with Gasteiger partial charge in [-0.05, 0) is 31.2 Å². The van der Waals surface area contributed by atoms with Gasteiger partial charge in [-0.2, -0.15) is 0 Å². The van der Waals surface area contributed by atoms with Crippen molar-refractivity contribution in [1.29, 1.82) is 0 Å². The van der Waals surface area contributed by atoms with Gasteiger partial charge in [0.2, 0.25) is 0 Å². The van der Waals surface area contributed by atoms with Crippen LogP contribution >= 0.6 is 35.6 Å². The van der Waals surface area contributed by atoms with Gasteiger partial charge >= 0.3 is 0 Å². The predicted octanol–water partition coefficient (Wildman–Crippen LogP) is 4.08. The van der Waals surface area contributed by atoms with E-state index in [-0.39, 0.29) is 30.1 Å². The molecule has 0 bridgehead atoms. The highest BCUT2D eigenvalue weighted by molar-refractivity contribution is 6.42. The molecular formula is C19H19Cl3N2O2. The molecule has 3 rings (SSSR count). The Morgan fingerprint density at radius 2 is 1.77 bits per heavy atom. The molecule has 1 N–H and O–H groups in total. The average molecular weight is 414 g/mol. The van der Waals surface area contributed by atoms with E-state index in [1.165, 1.54) is 6.07 Å². The zero-order valence-corrected chi connectivity index (χ0v) is 16.5. The molecular weight excluding hydrogens is 395 g/mol. The maximum atomic E-state index is 12.9. The van der Waals surface area contributed by atoms with Gasteiger partial charge in [0.05, 0.1) is 15.6 Å². The molecule has 1 aliphatic heterocycles. The summed E-state index contributed by atoms with van der Waals surface area (Å²) in [4.78, 5) is 27.6. The second kappa shape index (κ2) is 8.87. The van der Waals surface area contributed by atoms with Crippen molar-refractivity contribution in [3.05, 3.63) is 69.2 Å². The SMILES string of the molecule is CC1CN(C(=O)c2ccccc2C(=O)c2ccc(Cl)c(Cl)c2)CCN1.Cl. The van der Waals surface area contributed by atoms with Crippen LogP contribution < -0.4 is 5.32 Å². The molecule has 1 fully saturated rings. The Kier molecular flexibility index (Phi) is 7.07. The van der Waals surface area contributed by atoms with Crippen molar-refractivity contribution >= 4 is 47.3 Å². The minimum Gasteiger partial charge on any atom is -0.336 e. The van der Waals surface area contributed by atoms with Gasteiger partial charge in [0.1, 0.15) is 0 Å². The van der Waals surface area contributed by atoms with Gasteiger partial charge in [-0.25, -0.2) is 0 Å². The van der Waals surface area contributed by atoms with Crippen LogP contribution in [0.25, 0.3) is 0 Å². The lowest BCUT2D eigenvalue weighted by molar-refractivity contribution is 0.0705. The zero-order valence-electron chi connectivity index (χ0n) is 14.2. The quantitative estimate of drug-likeness (QED) is 0.771. The second-order valence-corrected chi connectivity index (χ2v) is 6.92. The maximum Gasteiger partial charge on any atom is 0.254 e. The highest BCUT2D eigenvalue weighted by atomic mass is 35.5. The summed E-state index contributed by atoms with van der Waals surface area (Å²) >= 11 is 11.9. The fraction of sp³-hybridized carbons (Fsp3) is 0.263. The molecule has 4 nitrogen and oxygen atoms in total. The van der Waals surface area contributed by atoms with Crippen molar-refractivity contribution in [1.82, 2.24) is 10.2 Å². The van der Waals surface area contributed by atoms with Gasteiger partial charge in [0.25, 0.3) is 5.91 Å². The lowest BCUT2D eigenvalue weighted by Crippen LogP contribution is -2.51. The number of hydrogen-bond donors (Lipinski definition) is 1. The predicted molar refractivity (Wildman–Crippen MR) is 107 cm³/mol. The molecule has 0 spiro atoms. The van der Waals surface area contributed by atoms with Crippen LogP contribution in [0.15, 0.2) is 42.5 Å². The third-order valence-electron chi connectivity index (χ3n) is 4.24. The van der Waals surface area contributed by atoms with Crippen LogP contribution in [-0.2, 0) is 0 Å². The highest BCUT2D eigenvalue weighted by Crippen LogP contribution is 2.25. The number of ketones is 1. The van der Waals surface area contributed by atoms with E-state index < -0.39 is 0 Å². The van der Waals surface area contributed by atoms with Crippen LogP contribution in [0.1, 0.15) is 33.2 Å². The third kappa shape index (κ3) is 4.38. The van der Waals surface area contributed by atoms with Crippen LogP contribution in [0.5, 0.6) is 0 Å². The first-order chi connectivity index (χ1) is 12.0. The topological polar surface area (TPSA) is 49.4 Å². The molecule has 138 valence electrons. The van der Waals surface area contributed by atoms with E-state index in [0.717, 1.165) is 6.54 Å². The summed E-state index contributed by atoms with van der Waals surface area (Å²) in [5, 5.41) is 4.00. The summed E-state index contributed by atoms with van der Waals surface area (Å²) < 4.78 is 0. The lowest BCUT2D eigenvalue weighted by atomic mass is 9.97. The van der Waals surface area contributed by atoms with E-state index in [9.17, 15) is 9.59 Å². The molecule has 1 heterocycles. The molecule has 0 saturated carbocycles. The molecule has 1 unspecified atom stereocenters. The van der Waals surface area contributed by atoms with Crippen LogP contribution in [0.3, 0.4) is 0 Å². The Hall–Kier alpha value is -1.59. The van der Waals surface area contributed by atoms with E-state index in [1.807, 2.05) is 6.92 Å². The van der Waals surface area contributed by atoms with Crippen LogP contribution in [0, 0.1) is 0 Å². The smallest absolute Gasteiger partial charge is 0.254 e. The minimum absolute atomic E-state index is 0. The number of carbonyl (C=O) groups is 2. The summed E-state index contributed by atoms with van der Waals surface area (Å²) in [7, 11) is 0. The van der Waals surface area contributed by atoms with Crippen molar-refractivity contribution in [2.75, 3.05) is 19.6 Å². The molecule has 1 aliphatic rings. The summed E-state index contributed by atoms with van der Waals surface area (Å²) in [6.07, 6.45) is 0. The van der Waals surface area contributed by atoms with E-state index in [2.05, 4.69) is 5.32 Å². The van der Waals surface area contributed by atoms with E-state index in [1.54, 1.807) is 41.3 Å². The Balaban J connectivity index is 0.00000243. The number of nitrogens with one attached hydrogen (secondary N) is 1. The number of carbonyl (C=O) groups excluding carboxylic acids is 2. The van der Waals surface area contributed by atoms with Gasteiger partial charge in [-0.1, -0.05) is 41.4 Å². The molecule has 7 heteroatoms. The summed E-state index contributed by atoms with van der Waals surface area (Å²) in [6, 6.07) is 11.8. The van der Waals surface area contributed by atoms with Crippen molar-refractivity contribution in [2.45, 2.75) is 13.0 Å².